The molecule has 1 aliphatic carbocycles. The molecular weight excluding hydrogens is 306 g/mol. The molecule has 5 heteroatoms. The quantitative estimate of drug-likeness (QED) is 0.866. The van der Waals surface area contributed by atoms with Gasteiger partial charge in [-0.2, -0.15) is 0 Å². The predicted molar refractivity (Wildman–Crippen MR) is 92.2 cm³/mol. The molecule has 2 N–H and O–H groups in total. The van der Waals surface area contributed by atoms with Gasteiger partial charge in [-0.25, -0.2) is 0 Å². The fourth-order valence-electron chi connectivity index (χ4n) is 3.32. The van der Waals surface area contributed by atoms with E-state index in [9.17, 15) is 14.7 Å². The second kappa shape index (κ2) is 8.71. The first-order chi connectivity index (χ1) is 11.5. The second-order valence-corrected chi connectivity index (χ2v) is 6.55. The standard InChI is InChI=1S/C19H27NO4/c1-13(14-8-7-9-15(12-14)24-2)18(21)20-17-11-6-4-3-5-10-16(17)19(22)23/h7-9,12-13,16-17H,3-6,10-11H2,1-2H3,(H,20,21)(H,22,23). The van der Waals surface area contributed by atoms with Crippen LogP contribution in [-0.2, 0) is 9.59 Å². The van der Waals surface area contributed by atoms with Gasteiger partial charge in [-0.15, -0.1) is 0 Å². The van der Waals surface area contributed by atoms with E-state index in [2.05, 4.69) is 5.32 Å². The summed E-state index contributed by atoms with van der Waals surface area (Å²) in [6.07, 6.45) is 5.41. The van der Waals surface area contributed by atoms with Crippen LogP contribution in [-0.4, -0.2) is 30.1 Å². The summed E-state index contributed by atoms with van der Waals surface area (Å²) < 4.78 is 5.20. The highest BCUT2D eigenvalue weighted by molar-refractivity contribution is 5.84. The number of ether oxygens (including phenoxy) is 1. The molecule has 1 amide bonds. The van der Waals surface area contributed by atoms with E-state index in [-0.39, 0.29) is 17.9 Å². The molecule has 0 saturated heterocycles. The van der Waals surface area contributed by atoms with Gasteiger partial charge < -0.3 is 15.2 Å². The van der Waals surface area contributed by atoms with Crippen LogP contribution in [0.25, 0.3) is 0 Å². The molecular formula is C19H27NO4. The predicted octanol–water partition coefficient (Wildman–Crippen LogP) is 3.34. The average Bonchev–Trinajstić information content (AvgIpc) is 2.56. The van der Waals surface area contributed by atoms with Crippen molar-refractivity contribution >= 4 is 11.9 Å². The summed E-state index contributed by atoms with van der Waals surface area (Å²) in [4.78, 5) is 24.2. The zero-order chi connectivity index (χ0) is 17.5. The fraction of sp³-hybridized carbons (Fsp3) is 0.579. The van der Waals surface area contributed by atoms with Crippen LogP contribution >= 0.6 is 0 Å². The van der Waals surface area contributed by atoms with Gasteiger partial charge in [0.2, 0.25) is 5.91 Å². The van der Waals surface area contributed by atoms with E-state index in [1.165, 1.54) is 0 Å². The lowest BCUT2D eigenvalue weighted by molar-refractivity contribution is -0.143. The van der Waals surface area contributed by atoms with Crippen LogP contribution in [0.2, 0.25) is 0 Å². The number of amides is 1. The smallest absolute Gasteiger partial charge is 0.308 e. The first kappa shape index (κ1) is 18.3. The van der Waals surface area contributed by atoms with Crippen molar-refractivity contribution in [1.29, 1.82) is 0 Å². The molecule has 3 atom stereocenters. The van der Waals surface area contributed by atoms with Crippen LogP contribution in [0.4, 0.5) is 0 Å². The Hall–Kier alpha value is -2.04. The van der Waals surface area contributed by atoms with Crippen LogP contribution in [0.15, 0.2) is 24.3 Å². The van der Waals surface area contributed by atoms with E-state index in [0.29, 0.717) is 12.2 Å². The molecule has 0 aromatic heterocycles. The van der Waals surface area contributed by atoms with Crippen molar-refractivity contribution in [2.24, 2.45) is 5.92 Å². The molecule has 1 aliphatic rings. The van der Waals surface area contributed by atoms with Crippen molar-refractivity contribution in [3.63, 3.8) is 0 Å². The zero-order valence-corrected chi connectivity index (χ0v) is 14.5. The average molecular weight is 333 g/mol. The first-order valence-corrected chi connectivity index (χ1v) is 8.70. The van der Waals surface area contributed by atoms with E-state index < -0.39 is 11.9 Å². The summed E-state index contributed by atoms with van der Waals surface area (Å²) in [5.41, 5.74) is 0.865. The number of aliphatic carboxylic acids is 1. The number of hydrogen-bond acceptors (Lipinski definition) is 3. The molecule has 1 aromatic carbocycles. The molecule has 0 heterocycles. The van der Waals surface area contributed by atoms with E-state index in [0.717, 1.165) is 37.7 Å². The van der Waals surface area contributed by atoms with Crippen LogP contribution in [0.5, 0.6) is 5.75 Å². The molecule has 1 saturated carbocycles. The van der Waals surface area contributed by atoms with Crippen molar-refractivity contribution in [2.45, 2.75) is 57.4 Å². The number of carboxylic acids is 1. The Balaban J connectivity index is 2.08. The summed E-state index contributed by atoms with van der Waals surface area (Å²) in [7, 11) is 1.59. The Kier molecular flexibility index (Phi) is 6.64. The highest BCUT2D eigenvalue weighted by atomic mass is 16.5. The summed E-state index contributed by atoms with van der Waals surface area (Å²) in [6.45, 7) is 1.84. The molecule has 0 spiro atoms. The van der Waals surface area contributed by atoms with Gasteiger partial charge in [-0.3, -0.25) is 9.59 Å². The summed E-state index contributed by atoms with van der Waals surface area (Å²) in [5, 5.41) is 12.5. The minimum Gasteiger partial charge on any atom is -0.497 e. The van der Waals surface area contributed by atoms with Crippen molar-refractivity contribution < 1.29 is 19.4 Å². The van der Waals surface area contributed by atoms with Gasteiger partial charge in [-0.05, 0) is 37.5 Å². The molecule has 2 rings (SSSR count). The molecule has 24 heavy (non-hydrogen) atoms. The topological polar surface area (TPSA) is 75.6 Å². The normalized spacial score (nSPS) is 22.8. The minimum absolute atomic E-state index is 0.125. The zero-order valence-electron chi connectivity index (χ0n) is 14.5. The van der Waals surface area contributed by atoms with Crippen LogP contribution < -0.4 is 10.1 Å². The number of nitrogens with one attached hydrogen (secondary N) is 1. The van der Waals surface area contributed by atoms with Crippen LogP contribution in [0.1, 0.15) is 56.9 Å². The lowest BCUT2D eigenvalue weighted by Crippen LogP contribution is -2.45. The van der Waals surface area contributed by atoms with Gasteiger partial charge in [0.25, 0.3) is 0 Å². The van der Waals surface area contributed by atoms with E-state index >= 15 is 0 Å². The molecule has 0 radical (unpaired) electrons. The van der Waals surface area contributed by atoms with Crippen molar-refractivity contribution in [3.8, 4) is 5.75 Å². The van der Waals surface area contributed by atoms with Crippen LogP contribution in [0, 0.1) is 5.92 Å². The van der Waals surface area contributed by atoms with Gasteiger partial charge in [0, 0.05) is 6.04 Å². The Morgan fingerprint density at radius 2 is 1.92 bits per heavy atom. The minimum atomic E-state index is -0.809. The summed E-state index contributed by atoms with van der Waals surface area (Å²) in [6, 6.07) is 7.14. The Morgan fingerprint density at radius 3 is 2.58 bits per heavy atom. The molecule has 1 fully saturated rings. The van der Waals surface area contributed by atoms with Gasteiger partial charge in [0.05, 0.1) is 18.9 Å². The lowest BCUT2D eigenvalue weighted by Gasteiger charge is -2.28. The third-order valence-corrected chi connectivity index (χ3v) is 4.90. The highest BCUT2D eigenvalue weighted by Crippen LogP contribution is 2.25. The third-order valence-electron chi connectivity index (χ3n) is 4.90. The maximum absolute atomic E-state index is 12.6. The number of carbonyl (C=O) groups is 2. The fourth-order valence-corrected chi connectivity index (χ4v) is 3.32. The number of carboxylic acid groups (broad SMARTS) is 1. The van der Waals surface area contributed by atoms with E-state index in [1.54, 1.807) is 7.11 Å². The number of benzene rings is 1. The summed E-state index contributed by atoms with van der Waals surface area (Å²) in [5.74, 6) is -1.07. The molecule has 0 aliphatic heterocycles. The second-order valence-electron chi connectivity index (χ2n) is 6.55. The Labute approximate surface area is 143 Å². The lowest BCUT2D eigenvalue weighted by atomic mass is 9.86. The number of hydrogen-bond donors (Lipinski definition) is 2. The van der Waals surface area contributed by atoms with Crippen molar-refractivity contribution in [3.05, 3.63) is 29.8 Å². The number of carbonyl (C=O) groups excluding carboxylic acids is 1. The largest absolute Gasteiger partial charge is 0.497 e. The monoisotopic (exact) mass is 333 g/mol. The van der Waals surface area contributed by atoms with Gasteiger partial charge in [0.15, 0.2) is 0 Å². The van der Waals surface area contributed by atoms with Gasteiger partial charge in [-0.1, -0.05) is 37.8 Å². The van der Waals surface area contributed by atoms with Crippen molar-refractivity contribution in [2.75, 3.05) is 7.11 Å². The van der Waals surface area contributed by atoms with E-state index in [1.807, 2.05) is 31.2 Å². The molecule has 3 unspecified atom stereocenters. The van der Waals surface area contributed by atoms with Gasteiger partial charge in [0.1, 0.15) is 5.75 Å². The number of methoxy groups -OCH3 is 1. The van der Waals surface area contributed by atoms with E-state index in [4.69, 9.17) is 4.74 Å². The molecule has 0 bridgehead atoms. The third kappa shape index (κ3) is 4.73. The molecule has 132 valence electrons. The van der Waals surface area contributed by atoms with Crippen molar-refractivity contribution in [1.82, 2.24) is 5.32 Å². The van der Waals surface area contributed by atoms with Crippen LogP contribution in [0.3, 0.4) is 0 Å². The first-order valence-electron chi connectivity index (χ1n) is 8.70. The SMILES string of the molecule is COc1cccc(C(C)C(=O)NC2CCCCCCC2C(=O)O)c1. The van der Waals surface area contributed by atoms with Gasteiger partial charge >= 0.3 is 5.97 Å². The Morgan fingerprint density at radius 1 is 1.21 bits per heavy atom. The summed E-state index contributed by atoms with van der Waals surface area (Å²) >= 11 is 0. The molecule has 1 aromatic rings. The number of rotatable bonds is 5. The Bertz CT molecular complexity index is 572. The maximum atomic E-state index is 12.6. The highest BCUT2D eigenvalue weighted by Gasteiger charge is 2.31. The molecule has 5 nitrogen and oxygen atoms in total. The maximum Gasteiger partial charge on any atom is 0.308 e.